The van der Waals surface area contributed by atoms with E-state index < -0.39 is 0 Å². The maximum atomic E-state index is 12.4. The average molecular weight is 314 g/mol. The van der Waals surface area contributed by atoms with Crippen LogP contribution >= 0.6 is 0 Å². The Kier molecular flexibility index (Phi) is 4.37. The molecule has 1 saturated carbocycles. The van der Waals surface area contributed by atoms with Crippen molar-refractivity contribution in [1.29, 1.82) is 0 Å². The maximum absolute atomic E-state index is 12.4. The number of aryl methyl sites for hydroxylation is 2. The van der Waals surface area contributed by atoms with Crippen molar-refractivity contribution in [1.82, 2.24) is 10.5 Å². The molecular weight excluding hydrogens is 292 g/mol. The lowest BCUT2D eigenvalue weighted by molar-refractivity contribution is -0.121. The molecule has 122 valence electrons. The number of amides is 1. The van der Waals surface area contributed by atoms with Gasteiger partial charge in [-0.05, 0) is 50.3 Å². The standard InChI is InChI=1S/C18H22N2O3/c1-11-16(12(2)23-20-11)10-17(21)19-18(13-4-5-13)14-6-8-15(22-3)9-7-14/h6-9,13,18H,4-5,10H2,1-3H3,(H,19,21). The quantitative estimate of drug-likeness (QED) is 0.890. The molecule has 1 heterocycles. The van der Waals surface area contributed by atoms with E-state index in [0.717, 1.165) is 35.4 Å². The molecule has 1 atom stereocenters. The number of hydrogen-bond acceptors (Lipinski definition) is 4. The van der Waals surface area contributed by atoms with Crippen LogP contribution in [0.4, 0.5) is 0 Å². The first-order valence-electron chi connectivity index (χ1n) is 7.93. The fourth-order valence-electron chi connectivity index (χ4n) is 2.85. The molecular formula is C18H22N2O3. The van der Waals surface area contributed by atoms with Gasteiger partial charge in [0.05, 0.1) is 25.3 Å². The molecule has 23 heavy (non-hydrogen) atoms. The summed E-state index contributed by atoms with van der Waals surface area (Å²) in [6, 6.07) is 7.99. The lowest BCUT2D eigenvalue weighted by atomic mass is 10.0. The van der Waals surface area contributed by atoms with Gasteiger partial charge in [-0.25, -0.2) is 0 Å². The number of nitrogens with zero attached hydrogens (tertiary/aromatic N) is 1. The molecule has 1 N–H and O–H groups in total. The fourth-order valence-corrected chi connectivity index (χ4v) is 2.85. The minimum atomic E-state index is 0.00659. The third-order valence-electron chi connectivity index (χ3n) is 4.40. The molecule has 0 saturated heterocycles. The summed E-state index contributed by atoms with van der Waals surface area (Å²) >= 11 is 0. The zero-order valence-electron chi connectivity index (χ0n) is 13.8. The van der Waals surface area contributed by atoms with Gasteiger partial charge in [0, 0.05) is 5.56 Å². The lowest BCUT2D eigenvalue weighted by Crippen LogP contribution is -2.31. The van der Waals surface area contributed by atoms with Gasteiger partial charge < -0.3 is 14.6 Å². The summed E-state index contributed by atoms with van der Waals surface area (Å²) < 4.78 is 10.3. The average Bonchev–Trinajstić information content (AvgIpc) is 3.35. The first kappa shape index (κ1) is 15.6. The van der Waals surface area contributed by atoms with Crippen molar-refractivity contribution in [2.45, 2.75) is 39.2 Å². The topological polar surface area (TPSA) is 64.4 Å². The van der Waals surface area contributed by atoms with Gasteiger partial charge >= 0.3 is 0 Å². The number of aromatic nitrogens is 1. The van der Waals surface area contributed by atoms with E-state index in [1.54, 1.807) is 7.11 Å². The summed E-state index contributed by atoms with van der Waals surface area (Å²) in [4.78, 5) is 12.4. The van der Waals surface area contributed by atoms with Crippen molar-refractivity contribution < 1.29 is 14.1 Å². The number of ether oxygens (including phenoxy) is 1. The molecule has 1 aliphatic rings. The summed E-state index contributed by atoms with van der Waals surface area (Å²) in [5.74, 6) is 2.07. The van der Waals surface area contributed by atoms with Gasteiger partial charge in [-0.2, -0.15) is 0 Å². The van der Waals surface area contributed by atoms with E-state index in [9.17, 15) is 4.79 Å². The van der Waals surface area contributed by atoms with Gasteiger partial charge in [-0.15, -0.1) is 0 Å². The van der Waals surface area contributed by atoms with Crippen LogP contribution < -0.4 is 10.1 Å². The zero-order chi connectivity index (χ0) is 16.4. The van der Waals surface area contributed by atoms with Gasteiger partial charge in [0.2, 0.25) is 5.91 Å². The molecule has 0 radical (unpaired) electrons. The number of nitrogens with one attached hydrogen (secondary N) is 1. The highest BCUT2D eigenvalue weighted by Crippen LogP contribution is 2.41. The van der Waals surface area contributed by atoms with Crippen molar-refractivity contribution in [3.8, 4) is 5.75 Å². The van der Waals surface area contributed by atoms with Crippen molar-refractivity contribution >= 4 is 5.91 Å². The maximum Gasteiger partial charge on any atom is 0.225 e. The number of rotatable bonds is 6. The van der Waals surface area contributed by atoms with Gasteiger partial charge in [0.15, 0.2) is 0 Å². The highest BCUT2D eigenvalue weighted by atomic mass is 16.5. The molecule has 0 bridgehead atoms. The molecule has 0 aliphatic heterocycles. The van der Waals surface area contributed by atoms with Crippen molar-refractivity contribution in [2.75, 3.05) is 7.11 Å². The van der Waals surface area contributed by atoms with Crippen LogP contribution in [0, 0.1) is 19.8 Å². The summed E-state index contributed by atoms with van der Waals surface area (Å²) in [6.45, 7) is 3.70. The summed E-state index contributed by atoms with van der Waals surface area (Å²) in [7, 11) is 1.65. The van der Waals surface area contributed by atoms with Crippen LogP contribution in [0.25, 0.3) is 0 Å². The third kappa shape index (κ3) is 3.55. The van der Waals surface area contributed by atoms with E-state index in [4.69, 9.17) is 9.26 Å². The Morgan fingerprint density at radius 3 is 2.57 bits per heavy atom. The molecule has 1 aromatic carbocycles. The highest BCUT2D eigenvalue weighted by molar-refractivity contribution is 5.79. The number of benzene rings is 1. The molecule has 1 aliphatic carbocycles. The van der Waals surface area contributed by atoms with Crippen LogP contribution in [-0.4, -0.2) is 18.2 Å². The number of methoxy groups -OCH3 is 1. The second-order valence-electron chi connectivity index (χ2n) is 6.14. The molecule has 1 amide bonds. The summed E-state index contributed by atoms with van der Waals surface area (Å²) in [5, 5.41) is 7.08. The Hall–Kier alpha value is -2.30. The minimum Gasteiger partial charge on any atom is -0.497 e. The van der Waals surface area contributed by atoms with Crippen LogP contribution in [0.15, 0.2) is 28.8 Å². The predicted octanol–water partition coefficient (Wildman–Crippen LogP) is 3.11. The molecule has 1 aromatic heterocycles. The van der Waals surface area contributed by atoms with E-state index in [-0.39, 0.29) is 11.9 Å². The Morgan fingerprint density at radius 2 is 2.04 bits per heavy atom. The van der Waals surface area contributed by atoms with Crippen molar-refractivity contribution in [3.05, 3.63) is 46.8 Å². The second-order valence-corrected chi connectivity index (χ2v) is 6.14. The molecule has 5 heteroatoms. The van der Waals surface area contributed by atoms with Gasteiger partial charge in [0.25, 0.3) is 0 Å². The van der Waals surface area contributed by atoms with Crippen molar-refractivity contribution in [2.24, 2.45) is 5.92 Å². The first-order valence-corrected chi connectivity index (χ1v) is 7.93. The number of carbonyl (C=O) groups is 1. The molecule has 3 rings (SSSR count). The van der Waals surface area contributed by atoms with Gasteiger partial charge in [-0.1, -0.05) is 17.3 Å². The van der Waals surface area contributed by atoms with Crippen LogP contribution in [0.2, 0.25) is 0 Å². The fraction of sp³-hybridized carbons (Fsp3) is 0.444. The van der Waals surface area contributed by atoms with E-state index in [2.05, 4.69) is 10.5 Å². The molecule has 2 aromatic rings. The largest absolute Gasteiger partial charge is 0.497 e. The second kappa shape index (κ2) is 6.44. The normalized spacial score (nSPS) is 15.3. The Morgan fingerprint density at radius 1 is 1.35 bits per heavy atom. The molecule has 0 spiro atoms. The third-order valence-corrected chi connectivity index (χ3v) is 4.40. The predicted molar refractivity (Wildman–Crippen MR) is 86.3 cm³/mol. The van der Waals surface area contributed by atoms with Crippen molar-refractivity contribution in [3.63, 3.8) is 0 Å². The molecule has 1 fully saturated rings. The zero-order valence-corrected chi connectivity index (χ0v) is 13.8. The number of carbonyl (C=O) groups excluding carboxylic acids is 1. The first-order chi connectivity index (χ1) is 11.1. The van der Waals surface area contributed by atoms with Crippen LogP contribution in [0.1, 0.15) is 41.5 Å². The van der Waals surface area contributed by atoms with Gasteiger partial charge in [0.1, 0.15) is 11.5 Å². The molecule has 5 nitrogen and oxygen atoms in total. The Bertz CT molecular complexity index is 667. The minimum absolute atomic E-state index is 0.00659. The van der Waals surface area contributed by atoms with E-state index in [1.165, 1.54) is 0 Å². The Balaban J connectivity index is 1.70. The SMILES string of the molecule is COc1ccc(C(NC(=O)Cc2c(C)noc2C)C2CC2)cc1. The molecule has 1 unspecified atom stereocenters. The van der Waals surface area contributed by atoms with E-state index >= 15 is 0 Å². The monoisotopic (exact) mass is 314 g/mol. The van der Waals surface area contributed by atoms with E-state index in [0.29, 0.717) is 18.1 Å². The lowest BCUT2D eigenvalue weighted by Gasteiger charge is -2.19. The van der Waals surface area contributed by atoms with Crippen LogP contribution in [0.5, 0.6) is 5.75 Å². The Labute approximate surface area is 136 Å². The smallest absolute Gasteiger partial charge is 0.225 e. The summed E-state index contributed by atoms with van der Waals surface area (Å²) in [6.07, 6.45) is 2.62. The number of hydrogen-bond donors (Lipinski definition) is 1. The van der Waals surface area contributed by atoms with E-state index in [1.807, 2.05) is 38.1 Å². The highest BCUT2D eigenvalue weighted by Gasteiger charge is 2.33. The van der Waals surface area contributed by atoms with Crippen LogP contribution in [-0.2, 0) is 11.2 Å². The van der Waals surface area contributed by atoms with Gasteiger partial charge in [-0.3, -0.25) is 4.79 Å². The summed E-state index contributed by atoms with van der Waals surface area (Å²) in [5.41, 5.74) is 2.79. The van der Waals surface area contributed by atoms with Crippen LogP contribution in [0.3, 0.4) is 0 Å².